The van der Waals surface area contributed by atoms with Gasteiger partial charge in [-0.1, -0.05) is 36.7 Å². The molecule has 0 fully saturated rings. The van der Waals surface area contributed by atoms with Crippen molar-refractivity contribution >= 4 is 15.9 Å². The first-order valence-electron chi connectivity index (χ1n) is 4.98. The summed E-state index contributed by atoms with van der Waals surface area (Å²) in [5, 5.41) is 9.13. The van der Waals surface area contributed by atoms with Crippen LogP contribution in [0.5, 0.6) is 0 Å². The van der Waals surface area contributed by atoms with Gasteiger partial charge in [0, 0.05) is 19.1 Å². The van der Waals surface area contributed by atoms with E-state index >= 15 is 0 Å². The quantitative estimate of drug-likeness (QED) is 0.791. The van der Waals surface area contributed by atoms with Crippen LogP contribution in [0.3, 0.4) is 0 Å². The molecule has 0 saturated carbocycles. The van der Waals surface area contributed by atoms with Crippen molar-refractivity contribution in [3.8, 4) is 0 Å². The minimum Gasteiger partial charge on any atom is -0.383 e. The standard InChI is InChI=1S/C10H18BrN3O/c1-10(2,3)9-13-12-8(7-11)14(9)5-6-15-4/h5-7H2,1-4H3. The van der Waals surface area contributed by atoms with Crippen LogP contribution in [0.4, 0.5) is 0 Å². The first-order valence-corrected chi connectivity index (χ1v) is 6.10. The van der Waals surface area contributed by atoms with Gasteiger partial charge in [-0.25, -0.2) is 0 Å². The summed E-state index contributed by atoms with van der Waals surface area (Å²) in [6, 6.07) is 0. The molecule has 0 radical (unpaired) electrons. The second-order valence-corrected chi connectivity index (χ2v) is 5.03. The van der Waals surface area contributed by atoms with Gasteiger partial charge in [0.25, 0.3) is 0 Å². The molecular formula is C10H18BrN3O. The largest absolute Gasteiger partial charge is 0.383 e. The molecule has 1 heterocycles. The fourth-order valence-corrected chi connectivity index (χ4v) is 1.82. The molecule has 0 saturated heterocycles. The topological polar surface area (TPSA) is 39.9 Å². The maximum Gasteiger partial charge on any atom is 0.143 e. The third kappa shape index (κ3) is 3.01. The Morgan fingerprint density at radius 1 is 1.33 bits per heavy atom. The fraction of sp³-hybridized carbons (Fsp3) is 0.800. The molecule has 0 spiro atoms. The first-order chi connectivity index (χ1) is 7.00. The van der Waals surface area contributed by atoms with E-state index in [2.05, 4.69) is 51.5 Å². The van der Waals surface area contributed by atoms with Crippen LogP contribution in [-0.2, 0) is 22.0 Å². The van der Waals surface area contributed by atoms with Gasteiger partial charge in [0.05, 0.1) is 11.9 Å². The average Bonchev–Trinajstić information content (AvgIpc) is 2.56. The zero-order valence-electron chi connectivity index (χ0n) is 9.75. The van der Waals surface area contributed by atoms with Crippen molar-refractivity contribution in [3.63, 3.8) is 0 Å². The van der Waals surface area contributed by atoms with Gasteiger partial charge in [0.2, 0.25) is 0 Å². The Kier molecular flexibility index (Phi) is 4.28. The zero-order valence-corrected chi connectivity index (χ0v) is 11.3. The number of nitrogens with zero attached hydrogens (tertiary/aromatic N) is 3. The molecule has 0 aliphatic rings. The number of aromatic nitrogens is 3. The molecule has 1 aromatic heterocycles. The zero-order chi connectivity index (χ0) is 11.5. The van der Waals surface area contributed by atoms with Crippen LogP contribution in [-0.4, -0.2) is 28.5 Å². The Bertz CT molecular complexity index is 317. The van der Waals surface area contributed by atoms with Gasteiger partial charge in [0.1, 0.15) is 11.6 Å². The van der Waals surface area contributed by atoms with Crippen molar-refractivity contribution in [2.45, 2.75) is 38.1 Å². The monoisotopic (exact) mass is 275 g/mol. The van der Waals surface area contributed by atoms with Crippen LogP contribution in [0.1, 0.15) is 32.4 Å². The van der Waals surface area contributed by atoms with Gasteiger partial charge in [-0.15, -0.1) is 10.2 Å². The van der Waals surface area contributed by atoms with Crippen molar-refractivity contribution < 1.29 is 4.74 Å². The Morgan fingerprint density at radius 3 is 2.47 bits per heavy atom. The lowest BCUT2D eigenvalue weighted by molar-refractivity contribution is 0.184. The summed E-state index contributed by atoms with van der Waals surface area (Å²) in [5.74, 6) is 1.96. The summed E-state index contributed by atoms with van der Waals surface area (Å²) in [6.45, 7) is 7.90. The molecule has 0 aliphatic heterocycles. The number of alkyl halides is 1. The van der Waals surface area contributed by atoms with Crippen molar-refractivity contribution in [1.82, 2.24) is 14.8 Å². The summed E-state index contributed by atoms with van der Waals surface area (Å²) in [4.78, 5) is 0. The van der Waals surface area contributed by atoms with Gasteiger partial charge < -0.3 is 9.30 Å². The maximum atomic E-state index is 5.09. The Morgan fingerprint density at radius 2 is 2.00 bits per heavy atom. The van der Waals surface area contributed by atoms with E-state index in [1.165, 1.54) is 0 Å². The smallest absolute Gasteiger partial charge is 0.143 e. The van der Waals surface area contributed by atoms with Gasteiger partial charge in [-0.3, -0.25) is 0 Å². The lowest BCUT2D eigenvalue weighted by Gasteiger charge is -2.19. The molecule has 1 aromatic rings. The second-order valence-electron chi connectivity index (χ2n) is 4.47. The summed E-state index contributed by atoms with van der Waals surface area (Å²) >= 11 is 3.42. The van der Waals surface area contributed by atoms with Crippen LogP contribution in [0.15, 0.2) is 0 Å². The Hall–Kier alpha value is -0.420. The average molecular weight is 276 g/mol. The van der Waals surface area contributed by atoms with E-state index in [4.69, 9.17) is 4.74 Å². The van der Waals surface area contributed by atoms with Crippen LogP contribution in [0.25, 0.3) is 0 Å². The van der Waals surface area contributed by atoms with Gasteiger partial charge >= 0.3 is 0 Å². The van der Waals surface area contributed by atoms with Crippen LogP contribution in [0, 0.1) is 0 Å². The van der Waals surface area contributed by atoms with Crippen LogP contribution in [0.2, 0.25) is 0 Å². The molecular weight excluding hydrogens is 258 g/mol. The number of rotatable bonds is 4. The molecule has 0 aliphatic carbocycles. The molecule has 15 heavy (non-hydrogen) atoms. The number of halogens is 1. The highest BCUT2D eigenvalue weighted by Gasteiger charge is 2.23. The highest BCUT2D eigenvalue weighted by molar-refractivity contribution is 9.08. The van der Waals surface area contributed by atoms with E-state index < -0.39 is 0 Å². The lowest BCUT2D eigenvalue weighted by Crippen LogP contribution is -2.21. The minimum atomic E-state index is 0.0150. The molecule has 86 valence electrons. The predicted molar refractivity (Wildman–Crippen MR) is 63.2 cm³/mol. The van der Waals surface area contributed by atoms with Crippen LogP contribution < -0.4 is 0 Å². The number of methoxy groups -OCH3 is 1. The third-order valence-corrected chi connectivity index (χ3v) is 2.64. The van der Waals surface area contributed by atoms with E-state index in [0.717, 1.165) is 23.5 Å². The highest BCUT2D eigenvalue weighted by atomic mass is 79.9. The Labute approximate surface area is 99.2 Å². The molecule has 0 amide bonds. The lowest BCUT2D eigenvalue weighted by atomic mass is 9.95. The SMILES string of the molecule is COCCn1c(CBr)nnc1C(C)(C)C. The van der Waals surface area contributed by atoms with Crippen molar-refractivity contribution in [2.75, 3.05) is 13.7 Å². The summed E-state index contributed by atoms with van der Waals surface area (Å²) in [6.07, 6.45) is 0. The third-order valence-electron chi connectivity index (χ3n) is 2.14. The van der Waals surface area contributed by atoms with E-state index in [0.29, 0.717) is 6.61 Å². The molecule has 0 bridgehead atoms. The van der Waals surface area contributed by atoms with Gasteiger partial charge in [0.15, 0.2) is 0 Å². The van der Waals surface area contributed by atoms with Crippen molar-refractivity contribution in [2.24, 2.45) is 0 Å². The molecule has 0 aromatic carbocycles. The van der Waals surface area contributed by atoms with Gasteiger partial charge in [-0.2, -0.15) is 0 Å². The first kappa shape index (κ1) is 12.6. The van der Waals surface area contributed by atoms with E-state index in [-0.39, 0.29) is 5.41 Å². The molecule has 0 unspecified atom stereocenters. The molecule has 1 rings (SSSR count). The maximum absolute atomic E-state index is 5.09. The van der Waals surface area contributed by atoms with Crippen LogP contribution >= 0.6 is 15.9 Å². The molecule has 5 heteroatoms. The minimum absolute atomic E-state index is 0.0150. The molecule has 4 nitrogen and oxygen atoms in total. The normalized spacial score (nSPS) is 12.1. The molecule has 0 atom stereocenters. The van der Waals surface area contributed by atoms with E-state index in [9.17, 15) is 0 Å². The number of ether oxygens (including phenoxy) is 1. The number of hydrogen-bond donors (Lipinski definition) is 0. The predicted octanol–water partition coefficient (Wildman–Crippen LogP) is 2.12. The fourth-order valence-electron chi connectivity index (χ4n) is 1.41. The summed E-state index contributed by atoms with van der Waals surface area (Å²) in [7, 11) is 1.70. The Balaban J connectivity index is 3.00. The molecule has 0 N–H and O–H groups in total. The highest BCUT2D eigenvalue weighted by Crippen LogP contribution is 2.21. The number of hydrogen-bond acceptors (Lipinski definition) is 3. The van der Waals surface area contributed by atoms with Gasteiger partial charge in [-0.05, 0) is 0 Å². The van der Waals surface area contributed by atoms with E-state index in [1.54, 1.807) is 7.11 Å². The summed E-state index contributed by atoms with van der Waals surface area (Å²) in [5.41, 5.74) is 0.0150. The van der Waals surface area contributed by atoms with Crippen molar-refractivity contribution in [1.29, 1.82) is 0 Å². The van der Waals surface area contributed by atoms with Crippen molar-refractivity contribution in [3.05, 3.63) is 11.6 Å². The second kappa shape index (κ2) is 5.07. The van der Waals surface area contributed by atoms with E-state index in [1.807, 2.05) is 0 Å². The summed E-state index contributed by atoms with van der Waals surface area (Å²) < 4.78 is 7.21.